The molecule has 7 heteroatoms. The van der Waals surface area contributed by atoms with Crippen molar-refractivity contribution in [3.63, 3.8) is 0 Å². The van der Waals surface area contributed by atoms with Gasteiger partial charge in [-0.05, 0) is 42.7 Å². The minimum absolute atomic E-state index is 0.0233. The molecule has 1 aliphatic rings. The summed E-state index contributed by atoms with van der Waals surface area (Å²) in [5.41, 5.74) is 0.871. The van der Waals surface area contributed by atoms with Gasteiger partial charge in [-0.1, -0.05) is 12.1 Å². The summed E-state index contributed by atoms with van der Waals surface area (Å²) < 4.78 is 19.2. The number of oxazole rings is 1. The van der Waals surface area contributed by atoms with Crippen LogP contribution in [0.1, 0.15) is 46.5 Å². The SMILES string of the molecule is O=C(c1ncccc1O)N1CCC[C@@H](c2ncc(Cc3cccc(F)c3)o2)C1. The normalized spacial score (nSPS) is 16.9. The van der Waals surface area contributed by atoms with E-state index in [1.807, 2.05) is 6.07 Å². The van der Waals surface area contributed by atoms with Crippen LogP contribution < -0.4 is 0 Å². The molecular formula is C21H20FN3O3. The van der Waals surface area contributed by atoms with E-state index in [0.29, 0.717) is 31.2 Å². The number of hydrogen-bond acceptors (Lipinski definition) is 5. The summed E-state index contributed by atoms with van der Waals surface area (Å²) in [5, 5.41) is 9.89. The Hall–Kier alpha value is -3.22. The number of benzene rings is 1. The van der Waals surface area contributed by atoms with Gasteiger partial charge in [0.2, 0.25) is 0 Å². The lowest BCUT2D eigenvalue weighted by molar-refractivity contribution is 0.0688. The molecule has 144 valence electrons. The van der Waals surface area contributed by atoms with Crippen molar-refractivity contribution in [3.05, 3.63) is 77.5 Å². The largest absolute Gasteiger partial charge is 0.505 e. The van der Waals surface area contributed by atoms with Crippen LogP contribution in [0.15, 0.2) is 53.2 Å². The number of aromatic hydroxyl groups is 1. The van der Waals surface area contributed by atoms with Crippen molar-refractivity contribution < 1.29 is 18.7 Å². The molecule has 0 saturated carbocycles. The van der Waals surface area contributed by atoms with Crippen molar-refractivity contribution >= 4 is 5.91 Å². The lowest BCUT2D eigenvalue weighted by atomic mass is 9.97. The summed E-state index contributed by atoms with van der Waals surface area (Å²) in [6.45, 7) is 1.05. The van der Waals surface area contributed by atoms with Gasteiger partial charge in [0.05, 0.1) is 12.1 Å². The van der Waals surface area contributed by atoms with Crippen LogP contribution in [0.3, 0.4) is 0 Å². The number of piperidine rings is 1. The van der Waals surface area contributed by atoms with Gasteiger partial charge in [0, 0.05) is 25.7 Å². The van der Waals surface area contributed by atoms with Crippen LogP contribution in [0.2, 0.25) is 0 Å². The van der Waals surface area contributed by atoms with Crippen LogP contribution in [-0.2, 0) is 6.42 Å². The third-order valence-corrected chi connectivity index (χ3v) is 4.89. The smallest absolute Gasteiger partial charge is 0.276 e. The van der Waals surface area contributed by atoms with Crippen molar-refractivity contribution in [1.29, 1.82) is 0 Å². The maximum absolute atomic E-state index is 13.3. The Bertz CT molecular complexity index is 988. The highest BCUT2D eigenvalue weighted by Gasteiger charge is 2.30. The van der Waals surface area contributed by atoms with Crippen LogP contribution in [0, 0.1) is 5.82 Å². The van der Waals surface area contributed by atoms with Crippen LogP contribution in [0.25, 0.3) is 0 Å². The van der Waals surface area contributed by atoms with E-state index in [1.165, 1.54) is 24.4 Å². The van der Waals surface area contributed by atoms with Gasteiger partial charge in [-0.25, -0.2) is 14.4 Å². The Labute approximate surface area is 161 Å². The molecule has 4 rings (SSSR count). The molecule has 0 radical (unpaired) electrons. The van der Waals surface area contributed by atoms with Gasteiger partial charge < -0.3 is 14.4 Å². The third kappa shape index (κ3) is 3.88. The topological polar surface area (TPSA) is 79.5 Å². The van der Waals surface area contributed by atoms with Crippen molar-refractivity contribution in [2.24, 2.45) is 0 Å². The lowest BCUT2D eigenvalue weighted by Gasteiger charge is -2.31. The Kier molecular flexibility index (Phi) is 5.06. The Morgan fingerprint density at radius 2 is 2.18 bits per heavy atom. The van der Waals surface area contributed by atoms with E-state index in [4.69, 9.17) is 4.42 Å². The molecule has 0 spiro atoms. The molecule has 0 unspecified atom stereocenters. The fourth-order valence-electron chi connectivity index (χ4n) is 3.52. The van der Waals surface area contributed by atoms with Gasteiger partial charge in [0.15, 0.2) is 11.6 Å². The summed E-state index contributed by atoms with van der Waals surface area (Å²) in [6, 6.07) is 9.42. The molecular weight excluding hydrogens is 361 g/mol. The first-order valence-corrected chi connectivity index (χ1v) is 9.22. The number of hydrogen-bond donors (Lipinski definition) is 1. The average Bonchev–Trinajstić information content (AvgIpc) is 3.16. The van der Waals surface area contributed by atoms with Crippen molar-refractivity contribution in [2.45, 2.75) is 25.2 Å². The molecule has 28 heavy (non-hydrogen) atoms. The Morgan fingerprint density at radius 3 is 3.00 bits per heavy atom. The fourth-order valence-corrected chi connectivity index (χ4v) is 3.52. The lowest BCUT2D eigenvalue weighted by Crippen LogP contribution is -2.39. The van der Waals surface area contributed by atoms with E-state index in [1.54, 1.807) is 23.2 Å². The maximum atomic E-state index is 13.3. The van der Waals surface area contributed by atoms with Gasteiger partial charge in [-0.3, -0.25) is 4.79 Å². The number of likely N-dealkylation sites (tertiary alicyclic amines) is 1. The minimum atomic E-state index is -0.297. The van der Waals surface area contributed by atoms with Gasteiger partial charge in [0.25, 0.3) is 5.91 Å². The predicted molar refractivity (Wildman–Crippen MR) is 99.5 cm³/mol. The Balaban J connectivity index is 1.46. The molecule has 6 nitrogen and oxygen atoms in total. The van der Waals surface area contributed by atoms with E-state index < -0.39 is 0 Å². The summed E-state index contributed by atoms with van der Waals surface area (Å²) in [4.78, 5) is 22.7. The zero-order valence-electron chi connectivity index (χ0n) is 15.2. The number of aromatic nitrogens is 2. The van der Waals surface area contributed by atoms with E-state index in [9.17, 15) is 14.3 Å². The first-order chi connectivity index (χ1) is 13.6. The predicted octanol–water partition coefficient (Wildman–Crippen LogP) is 3.52. The van der Waals surface area contributed by atoms with Gasteiger partial charge in [-0.2, -0.15) is 0 Å². The molecule has 1 aromatic carbocycles. The summed E-state index contributed by atoms with van der Waals surface area (Å²) in [5.74, 6) is 0.513. The van der Waals surface area contributed by atoms with Gasteiger partial charge in [-0.15, -0.1) is 0 Å². The number of pyridine rings is 1. The van der Waals surface area contributed by atoms with Crippen molar-refractivity contribution in [3.8, 4) is 5.75 Å². The number of rotatable bonds is 4. The fraction of sp³-hybridized carbons (Fsp3) is 0.286. The van der Waals surface area contributed by atoms with E-state index >= 15 is 0 Å². The Morgan fingerprint density at radius 1 is 1.29 bits per heavy atom. The number of carbonyl (C=O) groups excluding carboxylic acids is 1. The quantitative estimate of drug-likeness (QED) is 0.748. The molecule has 1 N–H and O–H groups in total. The number of amides is 1. The number of carbonyl (C=O) groups is 1. The zero-order chi connectivity index (χ0) is 19.5. The second kappa shape index (κ2) is 7.80. The van der Waals surface area contributed by atoms with Crippen molar-refractivity contribution in [2.75, 3.05) is 13.1 Å². The monoisotopic (exact) mass is 381 g/mol. The average molecular weight is 381 g/mol. The molecule has 0 aliphatic carbocycles. The maximum Gasteiger partial charge on any atom is 0.276 e. The summed E-state index contributed by atoms with van der Waals surface area (Å²) in [6.07, 6.45) is 5.28. The highest BCUT2D eigenvalue weighted by molar-refractivity contribution is 5.94. The molecule has 3 aromatic rings. The van der Waals surface area contributed by atoms with Gasteiger partial charge >= 0.3 is 0 Å². The van der Waals surface area contributed by atoms with Crippen LogP contribution in [0.5, 0.6) is 5.75 Å². The second-order valence-corrected chi connectivity index (χ2v) is 6.93. The zero-order valence-corrected chi connectivity index (χ0v) is 15.2. The van der Waals surface area contributed by atoms with Gasteiger partial charge in [0.1, 0.15) is 17.3 Å². The standard InChI is InChI=1S/C21H20FN3O3/c22-16-6-1-4-14(10-16)11-17-12-24-20(28-17)15-5-3-9-25(13-15)21(27)19-18(26)7-2-8-23-19/h1-2,4,6-8,10,12,15,26H,3,5,9,11,13H2/t15-/m1/s1. The molecule has 1 fully saturated rings. The molecule has 1 saturated heterocycles. The summed E-state index contributed by atoms with van der Waals surface area (Å²) in [7, 11) is 0. The third-order valence-electron chi connectivity index (χ3n) is 4.89. The molecule has 1 aliphatic heterocycles. The summed E-state index contributed by atoms with van der Waals surface area (Å²) >= 11 is 0. The van der Waals surface area contributed by atoms with Crippen LogP contribution >= 0.6 is 0 Å². The second-order valence-electron chi connectivity index (χ2n) is 6.93. The van der Waals surface area contributed by atoms with E-state index in [0.717, 1.165) is 18.4 Å². The number of halogens is 1. The van der Waals surface area contributed by atoms with Crippen molar-refractivity contribution in [1.82, 2.24) is 14.9 Å². The number of nitrogens with zero attached hydrogens (tertiary/aromatic N) is 3. The van der Waals surface area contributed by atoms with E-state index in [-0.39, 0.29) is 29.1 Å². The molecule has 2 aromatic heterocycles. The highest BCUT2D eigenvalue weighted by atomic mass is 19.1. The highest BCUT2D eigenvalue weighted by Crippen LogP contribution is 2.29. The minimum Gasteiger partial charge on any atom is -0.505 e. The van der Waals surface area contributed by atoms with E-state index in [2.05, 4.69) is 9.97 Å². The van der Waals surface area contributed by atoms with Crippen LogP contribution in [-0.4, -0.2) is 39.0 Å². The molecule has 3 heterocycles. The molecule has 1 amide bonds. The first-order valence-electron chi connectivity index (χ1n) is 9.22. The molecule has 0 bridgehead atoms. The first kappa shape index (κ1) is 18.2. The molecule has 1 atom stereocenters. The van der Waals surface area contributed by atoms with Crippen LogP contribution in [0.4, 0.5) is 4.39 Å².